The lowest BCUT2D eigenvalue weighted by molar-refractivity contribution is 0.288. The van der Waals surface area contributed by atoms with Gasteiger partial charge < -0.3 is 5.11 Å². The molecule has 0 atom stereocenters. The van der Waals surface area contributed by atoms with Crippen LogP contribution in [0.25, 0.3) is 0 Å². The molecule has 1 aromatic heterocycles. The molecule has 0 radical (unpaired) electrons. The summed E-state index contributed by atoms with van der Waals surface area (Å²) in [6.45, 7) is 4.06. The lowest BCUT2D eigenvalue weighted by atomic mass is 10.2. The standard InChI is InChI=1S/C9H14N2O/c1-7-6-9(4-3-5-12)11-8(2)10-7/h6,12H,3-5H2,1-2H3. The molecule has 1 aromatic rings. The summed E-state index contributed by atoms with van der Waals surface area (Å²) in [6.07, 6.45) is 1.61. The predicted octanol–water partition coefficient (Wildman–Crippen LogP) is 1.02. The molecule has 0 unspecified atom stereocenters. The van der Waals surface area contributed by atoms with Crippen LogP contribution in [0.4, 0.5) is 0 Å². The third kappa shape index (κ3) is 2.58. The molecule has 0 fully saturated rings. The number of aliphatic hydroxyl groups is 1. The summed E-state index contributed by atoms with van der Waals surface area (Å²) >= 11 is 0. The van der Waals surface area contributed by atoms with Crippen LogP contribution in [0.2, 0.25) is 0 Å². The number of aromatic nitrogens is 2. The first-order valence-electron chi connectivity index (χ1n) is 4.14. The molecule has 0 aliphatic carbocycles. The Bertz CT molecular complexity index is 240. The predicted molar refractivity (Wildman–Crippen MR) is 46.9 cm³/mol. The van der Waals surface area contributed by atoms with E-state index in [2.05, 4.69) is 9.97 Å². The summed E-state index contributed by atoms with van der Waals surface area (Å²) < 4.78 is 0. The van der Waals surface area contributed by atoms with E-state index in [-0.39, 0.29) is 6.61 Å². The molecule has 0 aliphatic heterocycles. The highest BCUT2D eigenvalue weighted by atomic mass is 16.2. The topological polar surface area (TPSA) is 46.0 Å². The van der Waals surface area contributed by atoms with E-state index in [1.807, 2.05) is 19.9 Å². The highest BCUT2D eigenvalue weighted by Crippen LogP contribution is 2.02. The normalized spacial score (nSPS) is 10.2. The highest BCUT2D eigenvalue weighted by Gasteiger charge is 1.97. The number of aryl methyl sites for hydroxylation is 3. The summed E-state index contributed by atoms with van der Waals surface area (Å²) in [4.78, 5) is 8.42. The second kappa shape index (κ2) is 4.16. The fraction of sp³-hybridized carbons (Fsp3) is 0.556. The Morgan fingerprint density at radius 3 is 2.67 bits per heavy atom. The monoisotopic (exact) mass is 166 g/mol. The SMILES string of the molecule is Cc1cc(CCCO)nc(C)n1. The van der Waals surface area contributed by atoms with Crippen LogP contribution in [-0.2, 0) is 6.42 Å². The van der Waals surface area contributed by atoms with Gasteiger partial charge in [-0.25, -0.2) is 9.97 Å². The van der Waals surface area contributed by atoms with Crippen molar-refractivity contribution in [2.45, 2.75) is 26.7 Å². The van der Waals surface area contributed by atoms with Crippen LogP contribution in [0.1, 0.15) is 23.6 Å². The second-order valence-electron chi connectivity index (χ2n) is 2.88. The minimum Gasteiger partial charge on any atom is -0.396 e. The number of aliphatic hydroxyl groups excluding tert-OH is 1. The Hall–Kier alpha value is -0.960. The van der Waals surface area contributed by atoms with Gasteiger partial charge in [-0.3, -0.25) is 0 Å². The van der Waals surface area contributed by atoms with Crippen molar-refractivity contribution in [1.29, 1.82) is 0 Å². The van der Waals surface area contributed by atoms with Gasteiger partial charge >= 0.3 is 0 Å². The van der Waals surface area contributed by atoms with Crippen molar-refractivity contribution in [2.24, 2.45) is 0 Å². The first-order chi connectivity index (χ1) is 5.72. The summed E-state index contributed by atoms with van der Waals surface area (Å²) in [5.41, 5.74) is 2.02. The van der Waals surface area contributed by atoms with E-state index < -0.39 is 0 Å². The van der Waals surface area contributed by atoms with Gasteiger partial charge in [-0.1, -0.05) is 0 Å². The Labute approximate surface area is 72.5 Å². The summed E-state index contributed by atoms with van der Waals surface area (Å²) in [5, 5.41) is 8.62. The van der Waals surface area contributed by atoms with E-state index in [1.54, 1.807) is 0 Å². The molecule has 3 heteroatoms. The smallest absolute Gasteiger partial charge is 0.125 e. The zero-order valence-corrected chi connectivity index (χ0v) is 7.54. The van der Waals surface area contributed by atoms with Crippen LogP contribution >= 0.6 is 0 Å². The molecule has 0 saturated carbocycles. The Morgan fingerprint density at radius 1 is 1.33 bits per heavy atom. The van der Waals surface area contributed by atoms with Crippen LogP contribution in [0.3, 0.4) is 0 Å². The minimum atomic E-state index is 0.224. The van der Waals surface area contributed by atoms with E-state index in [4.69, 9.17) is 5.11 Å². The fourth-order valence-corrected chi connectivity index (χ4v) is 1.18. The number of hydrogen-bond acceptors (Lipinski definition) is 3. The molecule has 0 aromatic carbocycles. The maximum absolute atomic E-state index is 8.62. The molecule has 3 nitrogen and oxygen atoms in total. The largest absolute Gasteiger partial charge is 0.396 e. The number of hydrogen-bond donors (Lipinski definition) is 1. The Kier molecular flexibility index (Phi) is 3.17. The van der Waals surface area contributed by atoms with Gasteiger partial charge in [0, 0.05) is 18.0 Å². The van der Waals surface area contributed by atoms with E-state index >= 15 is 0 Å². The summed E-state index contributed by atoms with van der Waals surface area (Å²) in [5.74, 6) is 0.808. The Balaban J connectivity index is 2.72. The van der Waals surface area contributed by atoms with E-state index in [0.29, 0.717) is 0 Å². The molecular formula is C9H14N2O. The molecule has 1 heterocycles. The second-order valence-corrected chi connectivity index (χ2v) is 2.88. The first-order valence-corrected chi connectivity index (χ1v) is 4.14. The Morgan fingerprint density at radius 2 is 2.08 bits per heavy atom. The molecule has 0 bridgehead atoms. The first kappa shape index (κ1) is 9.13. The maximum atomic E-state index is 8.62. The van der Waals surface area contributed by atoms with Crippen molar-refractivity contribution >= 4 is 0 Å². The van der Waals surface area contributed by atoms with Crippen molar-refractivity contribution in [3.8, 4) is 0 Å². The van der Waals surface area contributed by atoms with Crippen LogP contribution in [0.5, 0.6) is 0 Å². The van der Waals surface area contributed by atoms with Crippen LogP contribution in [0.15, 0.2) is 6.07 Å². The van der Waals surface area contributed by atoms with Crippen molar-refractivity contribution < 1.29 is 5.11 Å². The van der Waals surface area contributed by atoms with Gasteiger partial charge in [0.25, 0.3) is 0 Å². The number of rotatable bonds is 3. The van der Waals surface area contributed by atoms with E-state index in [0.717, 1.165) is 30.1 Å². The molecule has 0 spiro atoms. The minimum absolute atomic E-state index is 0.224. The number of nitrogens with zero attached hydrogens (tertiary/aromatic N) is 2. The lowest BCUT2D eigenvalue weighted by Gasteiger charge is -2.01. The molecule has 12 heavy (non-hydrogen) atoms. The van der Waals surface area contributed by atoms with Crippen LogP contribution in [-0.4, -0.2) is 21.7 Å². The molecular weight excluding hydrogens is 152 g/mol. The van der Waals surface area contributed by atoms with Gasteiger partial charge in [0.15, 0.2) is 0 Å². The molecule has 0 aliphatic rings. The van der Waals surface area contributed by atoms with Gasteiger partial charge in [-0.05, 0) is 32.8 Å². The third-order valence-corrected chi connectivity index (χ3v) is 1.61. The highest BCUT2D eigenvalue weighted by molar-refractivity contribution is 5.09. The van der Waals surface area contributed by atoms with E-state index in [1.165, 1.54) is 0 Å². The molecule has 0 amide bonds. The zero-order chi connectivity index (χ0) is 8.97. The van der Waals surface area contributed by atoms with Gasteiger partial charge in [-0.2, -0.15) is 0 Å². The van der Waals surface area contributed by atoms with Crippen molar-refractivity contribution in [3.63, 3.8) is 0 Å². The molecule has 0 saturated heterocycles. The maximum Gasteiger partial charge on any atom is 0.125 e. The zero-order valence-electron chi connectivity index (χ0n) is 7.54. The third-order valence-electron chi connectivity index (χ3n) is 1.61. The molecule has 1 N–H and O–H groups in total. The van der Waals surface area contributed by atoms with Gasteiger partial charge in [-0.15, -0.1) is 0 Å². The van der Waals surface area contributed by atoms with Crippen LogP contribution < -0.4 is 0 Å². The lowest BCUT2D eigenvalue weighted by Crippen LogP contribution is -1.98. The van der Waals surface area contributed by atoms with Crippen molar-refractivity contribution in [2.75, 3.05) is 6.61 Å². The summed E-state index contributed by atoms with van der Waals surface area (Å²) in [7, 11) is 0. The quantitative estimate of drug-likeness (QED) is 0.729. The molecule has 66 valence electrons. The fourth-order valence-electron chi connectivity index (χ4n) is 1.18. The van der Waals surface area contributed by atoms with Gasteiger partial charge in [0.1, 0.15) is 5.82 Å². The van der Waals surface area contributed by atoms with Crippen molar-refractivity contribution in [3.05, 3.63) is 23.3 Å². The van der Waals surface area contributed by atoms with Gasteiger partial charge in [0.2, 0.25) is 0 Å². The average molecular weight is 166 g/mol. The van der Waals surface area contributed by atoms with Gasteiger partial charge in [0.05, 0.1) is 0 Å². The van der Waals surface area contributed by atoms with E-state index in [9.17, 15) is 0 Å². The summed E-state index contributed by atoms with van der Waals surface area (Å²) in [6, 6.07) is 1.96. The van der Waals surface area contributed by atoms with Crippen molar-refractivity contribution in [1.82, 2.24) is 9.97 Å². The average Bonchev–Trinajstić information content (AvgIpc) is 1.99. The van der Waals surface area contributed by atoms with Crippen LogP contribution in [0, 0.1) is 13.8 Å². The molecule has 1 rings (SSSR count).